The van der Waals surface area contributed by atoms with Gasteiger partial charge in [0, 0.05) is 24.1 Å². The molecule has 6 heteroatoms. The van der Waals surface area contributed by atoms with Crippen molar-refractivity contribution in [2.75, 3.05) is 7.05 Å². The zero-order valence-electron chi connectivity index (χ0n) is 13.6. The number of hydrogen-bond acceptors (Lipinski definition) is 2. The summed E-state index contributed by atoms with van der Waals surface area (Å²) in [6.07, 6.45) is 1.88. The molecule has 2 aromatic rings. The van der Waals surface area contributed by atoms with Gasteiger partial charge in [0.1, 0.15) is 5.75 Å². The maximum absolute atomic E-state index is 10.2. The molecule has 1 N–H and O–H groups in total. The van der Waals surface area contributed by atoms with E-state index in [4.69, 9.17) is 18.6 Å². The Morgan fingerprint density at radius 3 is 2.30 bits per heavy atom. The van der Waals surface area contributed by atoms with Crippen LogP contribution in [0.4, 0.5) is 0 Å². The second-order valence-electron chi connectivity index (χ2n) is 5.15. The molecule has 0 aliphatic rings. The molecule has 2 aromatic carbocycles. The van der Waals surface area contributed by atoms with Crippen LogP contribution in [0.15, 0.2) is 35.3 Å². The Balaban J connectivity index is 0.000000816. The second kappa shape index (κ2) is 10.5. The van der Waals surface area contributed by atoms with Gasteiger partial charge in [-0.05, 0) is 49.3 Å². The first-order valence-corrected chi connectivity index (χ1v) is 12.3. The van der Waals surface area contributed by atoms with Crippen LogP contribution in [0.3, 0.4) is 0 Å². The van der Waals surface area contributed by atoms with E-state index in [1.54, 1.807) is 7.05 Å². The predicted molar refractivity (Wildman–Crippen MR) is 102 cm³/mol. The maximum atomic E-state index is 10.2. The van der Waals surface area contributed by atoms with Gasteiger partial charge in [-0.25, -0.2) is 0 Å². The summed E-state index contributed by atoms with van der Waals surface area (Å²) in [6.45, 7) is 6.08. The van der Waals surface area contributed by atoms with Crippen LogP contribution in [0.1, 0.15) is 22.3 Å². The van der Waals surface area contributed by atoms with Crippen molar-refractivity contribution in [2.45, 2.75) is 20.8 Å². The average Bonchev–Trinajstić information content (AvgIpc) is 2.48. The molecular formula is C17H20Cl2NOPTi. The van der Waals surface area contributed by atoms with E-state index in [-0.39, 0.29) is 0 Å². The van der Waals surface area contributed by atoms with Crippen LogP contribution >= 0.6 is 27.2 Å². The van der Waals surface area contributed by atoms with Gasteiger partial charge in [0.25, 0.3) is 0 Å². The molecular weight excluding hydrogens is 384 g/mol. The molecule has 122 valence electrons. The van der Waals surface area contributed by atoms with E-state index in [1.165, 1.54) is 16.4 Å². The van der Waals surface area contributed by atoms with Crippen LogP contribution in [0.5, 0.6) is 5.75 Å². The number of aliphatic imine (C=N–C) groups is 1. The van der Waals surface area contributed by atoms with Crippen LogP contribution in [0, 0.1) is 20.8 Å². The number of phenols is 1. The molecule has 0 aliphatic carbocycles. The molecule has 23 heavy (non-hydrogen) atoms. The summed E-state index contributed by atoms with van der Waals surface area (Å²) in [5, 5.41) is 12.4. The van der Waals surface area contributed by atoms with E-state index in [9.17, 15) is 5.11 Å². The summed E-state index contributed by atoms with van der Waals surface area (Å²) in [4.78, 5) is 4.12. The predicted octanol–water partition coefficient (Wildman–Crippen LogP) is 4.37. The fourth-order valence-corrected chi connectivity index (χ4v) is 3.60. The Bertz CT molecular complexity index is 693. The third-order valence-corrected chi connectivity index (χ3v) is 4.56. The summed E-state index contributed by atoms with van der Waals surface area (Å²) >= 11 is -0.556. The molecule has 0 amide bonds. The van der Waals surface area contributed by atoms with Gasteiger partial charge in [0.15, 0.2) is 0 Å². The molecule has 0 fully saturated rings. The van der Waals surface area contributed by atoms with Crippen molar-refractivity contribution in [3.63, 3.8) is 0 Å². The van der Waals surface area contributed by atoms with E-state index in [1.807, 2.05) is 19.2 Å². The summed E-state index contributed by atoms with van der Waals surface area (Å²) < 4.78 is 0. The van der Waals surface area contributed by atoms with Crippen molar-refractivity contribution < 1.29 is 22.1 Å². The van der Waals surface area contributed by atoms with E-state index < -0.39 is 17.0 Å². The number of hydrogen-bond donors (Lipinski definition) is 1. The van der Waals surface area contributed by atoms with Crippen LogP contribution < -0.4 is 10.6 Å². The Kier molecular flexibility index (Phi) is 9.43. The summed E-state index contributed by atoms with van der Waals surface area (Å²) in [6, 6.07) is 10.4. The van der Waals surface area contributed by atoms with Crippen molar-refractivity contribution in [2.24, 2.45) is 4.99 Å². The van der Waals surface area contributed by atoms with E-state index in [0.29, 0.717) is 14.3 Å². The first-order chi connectivity index (χ1) is 10.9. The zero-order chi connectivity index (χ0) is 17.4. The van der Waals surface area contributed by atoms with E-state index in [2.05, 4.69) is 43.1 Å². The van der Waals surface area contributed by atoms with Crippen LogP contribution in [-0.2, 0) is 17.0 Å². The van der Waals surface area contributed by atoms with Gasteiger partial charge in [0.2, 0.25) is 0 Å². The van der Waals surface area contributed by atoms with Crippen molar-refractivity contribution in [1.82, 2.24) is 0 Å². The third-order valence-electron chi connectivity index (χ3n) is 3.19. The van der Waals surface area contributed by atoms with Crippen molar-refractivity contribution in [3.05, 3.63) is 52.6 Å². The molecule has 0 spiro atoms. The number of phenolic OH excluding ortho intramolecular Hbond substituents is 1. The van der Waals surface area contributed by atoms with Gasteiger partial charge in [0.05, 0.1) is 0 Å². The van der Waals surface area contributed by atoms with E-state index in [0.717, 1.165) is 16.4 Å². The summed E-state index contributed by atoms with van der Waals surface area (Å²) in [5.74, 6) is 0.411. The monoisotopic (exact) mass is 403 g/mol. The number of rotatable bonds is 3. The first-order valence-electron chi connectivity index (χ1n) is 6.99. The van der Waals surface area contributed by atoms with Gasteiger partial charge in [-0.3, -0.25) is 4.99 Å². The summed E-state index contributed by atoms with van der Waals surface area (Å²) in [5.41, 5.74) is 4.47. The van der Waals surface area contributed by atoms with Crippen molar-refractivity contribution in [3.8, 4) is 5.75 Å². The van der Waals surface area contributed by atoms with Gasteiger partial charge >= 0.3 is 35.6 Å². The van der Waals surface area contributed by atoms with Crippen LogP contribution in [0.2, 0.25) is 0 Å². The minimum atomic E-state index is -0.556. The fourth-order valence-electron chi connectivity index (χ4n) is 2.24. The topological polar surface area (TPSA) is 32.6 Å². The third kappa shape index (κ3) is 6.57. The quantitative estimate of drug-likeness (QED) is 0.460. The Labute approximate surface area is 156 Å². The van der Waals surface area contributed by atoms with Gasteiger partial charge < -0.3 is 5.11 Å². The normalized spacial score (nSPS) is 10.9. The van der Waals surface area contributed by atoms with Gasteiger partial charge in [-0.1, -0.05) is 32.3 Å². The molecule has 0 aromatic heterocycles. The second-order valence-corrected chi connectivity index (χ2v) is 9.06. The molecule has 0 radical (unpaired) electrons. The molecule has 0 bridgehead atoms. The SMILES string of the molecule is CN=Cc1cc(C)ccc1Pc1cc(C)cc(C)c1O.[Cl][Ti][Cl]. The molecule has 2 nitrogen and oxygen atoms in total. The number of aromatic hydroxyl groups is 1. The fraction of sp³-hybridized carbons (Fsp3) is 0.235. The first kappa shape index (κ1) is 20.7. The van der Waals surface area contributed by atoms with Crippen LogP contribution in [0.25, 0.3) is 0 Å². The van der Waals surface area contributed by atoms with Gasteiger partial charge in [-0.15, -0.1) is 0 Å². The molecule has 0 heterocycles. The molecule has 0 saturated carbocycles. The van der Waals surface area contributed by atoms with Crippen molar-refractivity contribution in [1.29, 1.82) is 0 Å². The molecule has 0 aliphatic heterocycles. The number of nitrogens with zero attached hydrogens (tertiary/aromatic N) is 1. The standard InChI is InChI=1S/C17H20NOP.2ClH.Ti/c1-11-5-6-15(14(8-11)10-18-4)20-16-9-12(2)7-13(3)17(16)19;;;/h5-10,19-20H,1-4H3;2*1H;/q;;;+2/p-2. The number of benzene rings is 2. The average molecular weight is 404 g/mol. The Morgan fingerprint density at radius 1 is 1.04 bits per heavy atom. The Hall–Kier alpha value is -0.366. The molecule has 2 rings (SSSR count). The number of halogens is 2. The molecule has 1 unspecified atom stereocenters. The van der Waals surface area contributed by atoms with E-state index >= 15 is 0 Å². The summed E-state index contributed by atoms with van der Waals surface area (Å²) in [7, 11) is 12.0. The zero-order valence-corrected chi connectivity index (χ0v) is 17.7. The molecule has 1 atom stereocenters. The Morgan fingerprint density at radius 2 is 1.70 bits per heavy atom. The van der Waals surface area contributed by atoms with Crippen LogP contribution in [-0.4, -0.2) is 18.4 Å². The van der Waals surface area contributed by atoms with Gasteiger partial charge in [-0.2, -0.15) is 0 Å². The molecule has 0 saturated heterocycles. The number of aryl methyl sites for hydroxylation is 3. The van der Waals surface area contributed by atoms with Crippen molar-refractivity contribution >= 4 is 44.0 Å². The minimum absolute atomic E-state index is 0.411.